The second-order valence-corrected chi connectivity index (χ2v) is 7.94. The summed E-state index contributed by atoms with van der Waals surface area (Å²) in [6.07, 6.45) is 1.59. The van der Waals surface area contributed by atoms with Crippen LogP contribution in [0.2, 0.25) is 0 Å². The van der Waals surface area contributed by atoms with Crippen LogP contribution in [0.25, 0.3) is 11.6 Å². The van der Waals surface area contributed by atoms with E-state index in [0.29, 0.717) is 16.9 Å². The summed E-state index contributed by atoms with van der Waals surface area (Å²) in [7, 11) is 0. The van der Waals surface area contributed by atoms with Gasteiger partial charge in [0.15, 0.2) is 0 Å². The largest absolute Gasteiger partial charge is 0.423 e. The predicted octanol–water partition coefficient (Wildman–Crippen LogP) is 6.41. The van der Waals surface area contributed by atoms with Gasteiger partial charge in [0.25, 0.3) is 0 Å². The van der Waals surface area contributed by atoms with Crippen molar-refractivity contribution in [3.8, 4) is 11.8 Å². The van der Waals surface area contributed by atoms with Gasteiger partial charge in [-0.1, -0.05) is 63.2 Å². The number of carbonyl (C=O) groups excluding carboxylic acids is 1. The van der Waals surface area contributed by atoms with Crippen molar-refractivity contribution in [1.82, 2.24) is 0 Å². The highest BCUT2D eigenvalue weighted by atomic mass is 19.1. The van der Waals surface area contributed by atoms with Crippen LogP contribution in [0, 0.1) is 17.1 Å². The molecule has 0 aliphatic carbocycles. The Morgan fingerprint density at radius 1 is 0.967 bits per heavy atom. The first kappa shape index (κ1) is 21.0. The standard InChI is InChI=1S/C26H22FNO2/c1-26(2,3)21-12-10-19(11-13-21)25(29)30-22-14-8-18(9-15-22)16-20(17-28)23-6-4-5-7-24(23)27/h4-16H,1-3H3/b20-16-. The number of esters is 1. The maximum atomic E-state index is 13.9. The first-order valence-electron chi connectivity index (χ1n) is 9.57. The Labute approximate surface area is 176 Å². The summed E-state index contributed by atoms with van der Waals surface area (Å²) in [6.45, 7) is 6.33. The van der Waals surface area contributed by atoms with E-state index in [1.807, 2.05) is 18.2 Å². The van der Waals surface area contributed by atoms with E-state index in [-0.39, 0.29) is 16.6 Å². The Hall–Kier alpha value is -3.71. The molecule has 0 unspecified atom stereocenters. The molecule has 0 aromatic heterocycles. The van der Waals surface area contributed by atoms with Crippen molar-refractivity contribution in [1.29, 1.82) is 5.26 Å². The summed E-state index contributed by atoms with van der Waals surface area (Å²) in [5.41, 5.74) is 2.78. The van der Waals surface area contributed by atoms with Crippen molar-refractivity contribution in [2.45, 2.75) is 26.2 Å². The molecule has 0 saturated heterocycles. The van der Waals surface area contributed by atoms with Gasteiger partial charge in [-0.15, -0.1) is 0 Å². The average molecular weight is 399 g/mol. The van der Waals surface area contributed by atoms with Gasteiger partial charge in [0.1, 0.15) is 11.6 Å². The maximum Gasteiger partial charge on any atom is 0.343 e. The number of carbonyl (C=O) groups is 1. The van der Waals surface area contributed by atoms with E-state index in [1.165, 1.54) is 6.07 Å². The van der Waals surface area contributed by atoms with Crippen molar-refractivity contribution >= 4 is 17.6 Å². The minimum Gasteiger partial charge on any atom is -0.423 e. The highest BCUT2D eigenvalue weighted by molar-refractivity contribution is 5.91. The molecule has 4 heteroatoms. The zero-order valence-corrected chi connectivity index (χ0v) is 17.1. The van der Waals surface area contributed by atoms with Crippen LogP contribution < -0.4 is 4.74 Å². The molecule has 0 N–H and O–H groups in total. The van der Waals surface area contributed by atoms with Gasteiger partial charge < -0.3 is 4.74 Å². The van der Waals surface area contributed by atoms with Crippen molar-refractivity contribution < 1.29 is 13.9 Å². The molecule has 30 heavy (non-hydrogen) atoms. The van der Waals surface area contributed by atoms with Crippen LogP contribution in [0.15, 0.2) is 72.8 Å². The molecular formula is C26H22FNO2. The zero-order chi connectivity index (χ0) is 21.7. The molecule has 0 aliphatic rings. The second kappa shape index (κ2) is 8.75. The van der Waals surface area contributed by atoms with Crippen molar-refractivity contribution in [3.05, 3.63) is 101 Å². The lowest BCUT2D eigenvalue weighted by Gasteiger charge is -2.18. The monoisotopic (exact) mass is 399 g/mol. The van der Waals surface area contributed by atoms with E-state index in [4.69, 9.17) is 4.74 Å². The van der Waals surface area contributed by atoms with Crippen LogP contribution in [0.3, 0.4) is 0 Å². The van der Waals surface area contributed by atoms with E-state index in [1.54, 1.807) is 60.7 Å². The number of ether oxygens (including phenoxy) is 1. The summed E-state index contributed by atoms with van der Waals surface area (Å²) in [6, 6.07) is 22.2. The molecule has 0 atom stereocenters. The molecule has 0 spiro atoms. The molecule has 0 radical (unpaired) electrons. The summed E-state index contributed by atoms with van der Waals surface area (Å²) in [4.78, 5) is 12.4. The van der Waals surface area contributed by atoms with Gasteiger partial charge >= 0.3 is 5.97 Å². The normalized spacial score (nSPS) is 11.6. The molecule has 0 fully saturated rings. The first-order valence-corrected chi connectivity index (χ1v) is 9.57. The molecule has 150 valence electrons. The van der Waals surface area contributed by atoms with Crippen LogP contribution in [-0.4, -0.2) is 5.97 Å². The van der Waals surface area contributed by atoms with Gasteiger partial charge in [-0.25, -0.2) is 9.18 Å². The maximum absolute atomic E-state index is 13.9. The molecule has 3 nitrogen and oxygen atoms in total. The second-order valence-electron chi connectivity index (χ2n) is 7.94. The third-order valence-electron chi connectivity index (χ3n) is 4.67. The minimum absolute atomic E-state index is 0.0106. The van der Waals surface area contributed by atoms with Crippen molar-refractivity contribution in [3.63, 3.8) is 0 Å². The molecule has 3 rings (SSSR count). The molecule has 0 aliphatic heterocycles. The number of nitriles is 1. The van der Waals surface area contributed by atoms with Crippen LogP contribution in [-0.2, 0) is 5.41 Å². The van der Waals surface area contributed by atoms with Crippen LogP contribution >= 0.6 is 0 Å². The highest BCUT2D eigenvalue weighted by Crippen LogP contribution is 2.24. The number of halogens is 1. The summed E-state index contributed by atoms with van der Waals surface area (Å²) >= 11 is 0. The number of allylic oxidation sites excluding steroid dienone is 1. The lowest BCUT2D eigenvalue weighted by molar-refractivity contribution is 0.0734. The molecule has 3 aromatic carbocycles. The SMILES string of the molecule is CC(C)(C)c1ccc(C(=O)Oc2ccc(/C=C(/C#N)c3ccccc3F)cc2)cc1. The van der Waals surface area contributed by atoms with Crippen molar-refractivity contribution in [2.24, 2.45) is 0 Å². The Kier molecular flexibility index (Phi) is 6.13. The van der Waals surface area contributed by atoms with Gasteiger partial charge in [-0.2, -0.15) is 5.26 Å². The number of benzene rings is 3. The molecular weight excluding hydrogens is 377 g/mol. The average Bonchev–Trinajstić information content (AvgIpc) is 2.73. The topological polar surface area (TPSA) is 50.1 Å². The Balaban J connectivity index is 1.73. The quantitative estimate of drug-likeness (QED) is 0.221. The molecule has 0 bridgehead atoms. The lowest BCUT2D eigenvalue weighted by atomic mass is 9.87. The Morgan fingerprint density at radius 2 is 1.60 bits per heavy atom. The predicted molar refractivity (Wildman–Crippen MR) is 116 cm³/mol. The first-order chi connectivity index (χ1) is 14.3. The van der Waals surface area contributed by atoms with E-state index in [9.17, 15) is 14.4 Å². The minimum atomic E-state index is -0.451. The number of nitrogens with zero attached hydrogens (tertiary/aromatic N) is 1. The van der Waals surface area contributed by atoms with Crippen molar-refractivity contribution in [2.75, 3.05) is 0 Å². The van der Waals surface area contributed by atoms with Crippen LogP contribution in [0.1, 0.15) is 47.8 Å². The molecule has 3 aromatic rings. The summed E-state index contributed by atoms with van der Waals surface area (Å²) < 4.78 is 19.4. The van der Waals surface area contributed by atoms with Gasteiger partial charge in [0.2, 0.25) is 0 Å². The van der Waals surface area contributed by atoms with E-state index < -0.39 is 11.8 Å². The lowest BCUT2D eigenvalue weighted by Crippen LogP contribution is -2.12. The zero-order valence-electron chi connectivity index (χ0n) is 17.1. The fourth-order valence-electron chi connectivity index (χ4n) is 2.92. The third-order valence-corrected chi connectivity index (χ3v) is 4.67. The van der Waals surface area contributed by atoms with Gasteiger partial charge in [0.05, 0.1) is 17.2 Å². The smallest absolute Gasteiger partial charge is 0.343 e. The fourth-order valence-corrected chi connectivity index (χ4v) is 2.92. The van der Waals surface area contributed by atoms with E-state index >= 15 is 0 Å². The highest BCUT2D eigenvalue weighted by Gasteiger charge is 2.15. The number of hydrogen-bond donors (Lipinski definition) is 0. The molecule has 0 heterocycles. The molecule has 0 saturated carbocycles. The fraction of sp³-hybridized carbons (Fsp3) is 0.154. The summed E-state index contributed by atoms with van der Waals surface area (Å²) in [5.74, 6) is -0.502. The summed E-state index contributed by atoms with van der Waals surface area (Å²) in [5, 5.41) is 9.38. The van der Waals surface area contributed by atoms with Crippen LogP contribution in [0.4, 0.5) is 4.39 Å². The van der Waals surface area contributed by atoms with Crippen LogP contribution in [0.5, 0.6) is 5.75 Å². The Bertz CT molecular complexity index is 1120. The van der Waals surface area contributed by atoms with Gasteiger partial charge in [0, 0.05) is 5.56 Å². The number of rotatable bonds is 4. The number of hydrogen-bond acceptors (Lipinski definition) is 3. The van der Waals surface area contributed by atoms with Gasteiger partial charge in [-0.05, 0) is 52.9 Å². The molecule has 0 amide bonds. The van der Waals surface area contributed by atoms with E-state index in [0.717, 1.165) is 5.56 Å². The third kappa shape index (κ3) is 5.01. The van der Waals surface area contributed by atoms with Gasteiger partial charge in [-0.3, -0.25) is 0 Å². The van der Waals surface area contributed by atoms with E-state index in [2.05, 4.69) is 20.8 Å². The Morgan fingerprint density at radius 3 is 2.17 bits per heavy atom.